The lowest BCUT2D eigenvalue weighted by Gasteiger charge is -2.08. The summed E-state index contributed by atoms with van der Waals surface area (Å²) in [5.41, 5.74) is 2.45. The van der Waals surface area contributed by atoms with Gasteiger partial charge in [0.2, 0.25) is 11.8 Å². The number of rotatable bonds is 3. The molecule has 0 unspecified atom stereocenters. The largest absolute Gasteiger partial charge is 0.437 e. The molecule has 7 heteroatoms. The van der Waals surface area contributed by atoms with Crippen LogP contribution in [0.3, 0.4) is 0 Å². The first-order valence-corrected chi connectivity index (χ1v) is 7.38. The minimum Gasteiger partial charge on any atom is -0.437 e. The van der Waals surface area contributed by atoms with Gasteiger partial charge >= 0.3 is 0 Å². The molecule has 0 aliphatic heterocycles. The fourth-order valence-electron chi connectivity index (χ4n) is 1.60. The highest BCUT2D eigenvalue weighted by Crippen LogP contribution is 2.32. The maximum atomic E-state index is 5.88. The van der Waals surface area contributed by atoms with Crippen molar-refractivity contribution in [3.63, 3.8) is 0 Å². The van der Waals surface area contributed by atoms with E-state index in [4.69, 9.17) is 10.6 Å². The number of nitrogens with one attached hydrogen (secondary N) is 1. The number of para-hydroxylation sites is 1. The molecule has 96 valence electrons. The number of benzene rings is 1. The Labute approximate surface area is 126 Å². The number of nitrogens with two attached hydrogens (primary N) is 1. The number of hydrogen-bond donors (Lipinski definition) is 2. The van der Waals surface area contributed by atoms with E-state index in [-0.39, 0.29) is 0 Å². The second kappa shape index (κ2) is 5.27. The van der Waals surface area contributed by atoms with Crippen molar-refractivity contribution in [2.75, 3.05) is 5.43 Å². The zero-order valence-electron chi connectivity index (χ0n) is 9.63. The second-order valence-corrected chi connectivity index (χ2v) is 5.73. The summed E-state index contributed by atoms with van der Waals surface area (Å²) in [4.78, 5) is 9.37. The summed E-state index contributed by atoms with van der Waals surface area (Å²) in [6.45, 7) is 0. The van der Waals surface area contributed by atoms with Crippen LogP contribution in [0.25, 0.3) is 10.2 Å². The lowest BCUT2D eigenvalue weighted by molar-refractivity contribution is 0.466. The van der Waals surface area contributed by atoms with Crippen LogP contribution in [0.2, 0.25) is 0 Å². The Bertz CT molecular complexity index is 731. The molecule has 19 heavy (non-hydrogen) atoms. The predicted octanol–water partition coefficient (Wildman–Crippen LogP) is 3.37. The third-order valence-electron chi connectivity index (χ3n) is 2.46. The minimum absolute atomic E-state index is 0.343. The van der Waals surface area contributed by atoms with Crippen molar-refractivity contribution in [1.29, 1.82) is 0 Å². The summed E-state index contributed by atoms with van der Waals surface area (Å²) in [6, 6.07) is 9.69. The van der Waals surface area contributed by atoms with Crippen molar-refractivity contribution in [3.05, 3.63) is 39.3 Å². The summed E-state index contributed by atoms with van der Waals surface area (Å²) >= 11 is 3.74. The highest BCUT2D eigenvalue weighted by Gasteiger charge is 2.11. The van der Waals surface area contributed by atoms with Crippen molar-refractivity contribution in [2.24, 2.45) is 5.84 Å². The van der Waals surface area contributed by atoms with Crippen LogP contribution < -0.4 is 16.0 Å². The standard InChI is InChI=1S/C12H9IN4OS/c13-8-3-1-2-4-9(8)18-10-7-5-6-19-11(7)16-12(15-10)17-14/h1-6H,14H2,(H,15,16,17). The van der Waals surface area contributed by atoms with Gasteiger partial charge in [-0.2, -0.15) is 4.98 Å². The molecule has 2 heterocycles. The number of nitrogen functional groups attached to an aromatic ring is 1. The van der Waals surface area contributed by atoms with E-state index >= 15 is 0 Å². The Balaban J connectivity index is 2.09. The maximum Gasteiger partial charge on any atom is 0.241 e. The predicted molar refractivity (Wildman–Crippen MR) is 84.5 cm³/mol. The van der Waals surface area contributed by atoms with Gasteiger partial charge in [0.15, 0.2) is 0 Å². The van der Waals surface area contributed by atoms with Crippen molar-refractivity contribution in [3.8, 4) is 11.6 Å². The van der Waals surface area contributed by atoms with E-state index < -0.39 is 0 Å². The molecule has 5 nitrogen and oxygen atoms in total. The molecule has 2 aromatic heterocycles. The zero-order chi connectivity index (χ0) is 13.2. The van der Waals surface area contributed by atoms with Crippen molar-refractivity contribution in [2.45, 2.75) is 0 Å². The molecule has 0 amide bonds. The van der Waals surface area contributed by atoms with E-state index in [1.165, 1.54) is 11.3 Å². The van der Waals surface area contributed by atoms with E-state index in [0.717, 1.165) is 19.5 Å². The molecule has 0 atom stereocenters. The SMILES string of the molecule is NNc1nc(Oc2ccccc2I)c2ccsc2n1. The molecule has 0 aliphatic rings. The molecular weight excluding hydrogens is 375 g/mol. The van der Waals surface area contributed by atoms with Crippen LogP contribution in [0.1, 0.15) is 0 Å². The number of halogens is 1. The number of aromatic nitrogens is 2. The lowest BCUT2D eigenvalue weighted by Crippen LogP contribution is -2.10. The van der Waals surface area contributed by atoms with Gasteiger partial charge in [0.25, 0.3) is 0 Å². The average molecular weight is 384 g/mol. The first-order chi connectivity index (χ1) is 9.28. The van der Waals surface area contributed by atoms with Crippen LogP contribution in [0.15, 0.2) is 35.7 Å². The molecule has 0 fully saturated rings. The average Bonchev–Trinajstić information content (AvgIpc) is 2.89. The quantitative estimate of drug-likeness (QED) is 0.412. The molecule has 0 bridgehead atoms. The maximum absolute atomic E-state index is 5.88. The zero-order valence-corrected chi connectivity index (χ0v) is 12.6. The third kappa shape index (κ3) is 2.48. The van der Waals surface area contributed by atoms with Gasteiger partial charge in [-0.15, -0.1) is 11.3 Å². The number of hydrogen-bond acceptors (Lipinski definition) is 6. The molecular formula is C12H9IN4OS. The van der Waals surface area contributed by atoms with Gasteiger partial charge < -0.3 is 4.74 Å². The Morgan fingerprint density at radius 2 is 2.05 bits per heavy atom. The number of nitrogens with zero attached hydrogens (tertiary/aromatic N) is 2. The number of fused-ring (bicyclic) bond motifs is 1. The second-order valence-electron chi connectivity index (χ2n) is 3.67. The molecule has 0 spiro atoms. The van der Waals surface area contributed by atoms with E-state index in [2.05, 4.69) is 38.0 Å². The van der Waals surface area contributed by atoms with Crippen LogP contribution in [-0.2, 0) is 0 Å². The molecule has 0 radical (unpaired) electrons. The van der Waals surface area contributed by atoms with E-state index in [9.17, 15) is 0 Å². The summed E-state index contributed by atoms with van der Waals surface area (Å²) in [5, 5.41) is 2.83. The first-order valence-electron chi connectivity index (χ1n) is 5.42. The van der Waals surface area contributed by atoms with Gasteiger partial charge in [0, 0.05) is 0 Å². The topological polar surface area (TPSA) is 73.1 Å². The minimum atomic E-state index is 0.343. The molecule has 0 aliphatic carbocycles. The van der Waals surface area contributed by atoms with Crippen LogP contribution in [0, 0.1) is 3.57 Å². The highest BCUT2D eigenvalue weighted by atomic mass is 127. The number of ether oxygens (including phenoxy) is 1. The van der Waals surface area contributed by atoms with Crippen LogP contribution >= 0.6 is 33.9 Å². The molecule has 0 saturated heterocycles. The molecule has 0 saturated carbocycles. The van der Waals surface area contributed by atoms with Gasteiger partial charge in [-0.25, -0.2) is 10.8 Å². The molecule has 3 aromatic rings. The van der Waals surface area contributed by atoms with Crippen molar-refractivity contribution in [1.82, 2.24) is 9.97 Å². The van der Waals surface area contributed by atoms with Crippen molar-refractivity contribution >= 4 is 50.1 Å². The molecule has 3 rings (SSSR count). The highest BCUT2D eigenvalue weighted by molar-refractivity contribution is 14.1. The van der Waals surface area contributed by atoms with E-state index in [0.29, 0.717) is 11.8 Å². The number of thiophene rings is 1. The van der Waals surface area contributed by atoms with Crippen LogP contribution in [-0.4, -0.2) is 9.97 Å². The smallest absolute Gasteiger partial charge is 0.241 e. The van der Waals surface area contributed by atoms with Gasteiger partial charge in [-0.1, -0.05) is 12.1 Å². The van der Waals surface area contributed by atoms with E-state index in [1.54, 1.807) is 0 Å². The number of anilines is 1. The summed E-state index contributed by atoms with van der Waals surface area (Å²) in [7, 11) is 0. The summed E-state index contributed by atoms with van der Waals surface area (Å²) < 4.78 is 6.89. The fourth-order valence-corrected chi connectivity index (χ4v) is 2.85. The van der Waals surface area contributed by atoms with Crippen LogP contribution in [0.4, 0.5) is 5.95 Å². The van der Waals surface area contributed by atoms with E-state index in [1.807, 2.05) is 35.7 Å². The first kappa shape index (κ1) is 12.6. The number of hydrazine groups is 1. The Kier molecular flexibility index (Phi) is 3.49. The van der Waals surface area contributed by atoms with Gasteiger partial charge in [0.1, 0.15) is 10.6 Å². The normalized spacial score (nSPS) is 10.6. The van der Waals surface area contributed by atoms with Crippen LogP contribution in [0.5, 0.6) is 11.6 Å². The fraction of sp³-hybridized carbons (Fsp3) is 0. The van der Waals surface area contributed by atoms with Gasteiger partial charge in [-0.3, -0.25) is 5.43 Å². The summed E-state index contributed by atoms with van der Waals surface area (Å²) in [6.07, 6.45) is 0. The Morgan fingerprint density at radius 3 is 2.84 bits per heavy atom. The van der Waals surface area contributed by atoms with Crippen molar-refractivity contribution < 1.29 is 4.74 Å². The Morgan fingerprint density at radius 1 is 1.21 bits per heavy atom. The molecule has 3 N–H and O–H groups in total. The monoisotopic (exact) mass is 384 g/mol. The molecule has 1 aromatic carbocycles. The van der Waals surface area contributed by atoms with Gasteiger partial charge in [0.05, 0.1) is 8.96 Å². The Hall–Kier alpha value is -1.45. The lowest BCUT2D eigenvalue weighted by atomic mass is 10.3. The summed E-state index contributed by atoms with van der Waals surface area (Å²) in [5.74, 6) is 6.98. The third-order valence-corrected chi connectivity index (χ3v) is 4.16. The van der Waals surface area contributed by atoms with Gasteiger partial charge in [-0.05, 0) is 46.2 Å².